The van der Waals surface area contributed by atoms with Crippen LogP contribution in [0.1, 0.15) is 47.5 Å². The first-order valence-electron chi connectivity index (χ1n) is 7.49. The van der Waals surface area contributed by atoms with Gasteiger partial charge in [0.2, 0.25) is 11.9 Å². The molecule has 1 unspecified atom stereocenters. The second-order valence-corrected chi connectivity index (χ2v) is 5.56. The Balaban J connectivity index is 2.82. The Morgan fingerprint density at radius 2 is 1.76 bits per heavy atom. The minimum Gasteiger partial charge on any atom is -0.461 e. The number of anilines is 2. The van der Waals surface area contributed by atoms with Crippen molar-refractivity contribution < 1.29 is 9.84 Å². The molecule has 3 N–H and O–H groups in total. The standard InChI is InChI=1S/C14H27N5O2/c1-6-8-14(5,20)9-16-12-17-11(15-7-2)18-13(19-12)21-10(3)4/h10,20H,6-9H2,1-5H3,(H2,15,16,17,18,19). The maximum Gasteiger partial charge on any atom is 0.323 e. The van der Waals surface area contributed by atoms with Gasteiger partial charge in [0.1, 0.15) is 0 Å². The number of hydrogen-bond acceptors (Lipinski definition) is 7. The fourth-order valence-corrected chi connectivity index (χ4v) is 1.83. The minimum absolute atomic E-state index is 0.0158. The molecule has 7 heteroatoms. The van der Waals surface area contributed by atoms with E-state index in [1.54, 1.807) is 6.92 Å². The van der Waals surface area contributed by atoms with Crippen LogP contribution in [0.25, 0.3) is 0 Å². The van der Waals surface area contributed by atoms with Gasteiger partial charge in [-0.2, -0.15) is 15.0 Å². The Morgan fingerprint density at radius 1 is 1.14 bits per heavy atom. The number of hydrogen-bond donors (Lipinski definition) is 3. The molecule has 1 atom stereocenters. The number of nitrogens with zero attached hydrogens (tertiary/aromatic N) is 3. The second-order valence-electron chi connectivity index (χ2n) is 5.56. The predicted molar refractivity (Wildman–Crippen MR) is 83.8 cm³/mol. The number of aromatic nitrogens is 3. The van der Waals surface area contributed by atoms with E-state index in [9.17, 15) is 5.11 Å². The molecule has 7 nitrogen and oxygen atoms in total. The van der Waals surface area contributed by atoms with Crippen molar-refractivity contribution in [3.8, 4) is 6.01 Å². The summed E-state index contributed by atoms with van der Waals surface area (Å²) in [5, 5.41) is 16.3. The summed E-state index contributed by atoms with van der Waals surface area (Å²) < 4.78 is 5.52. The largest absolute Gasteiger partial charge is 0.461 e. The smallest absolute Gasteiger partial charge is 0.323 e. The van der Waals surface area contributed by atoms with Crippen molar-refractivity contribution in [2.75, 3.05) is 23.7 Å². The monoisotopic (exact) mass is 297 g/mol. The van der Waals surface area contributed by atoms with E-state index in [1.807, 2.05) is 27.7 Å². The fourth-order valence-electron chi connectivity index (χ4n) is 1.83. The molecule has 0 saturated heterocycles. The SMILES string of the molecule is CCCC(C)(O)CNc1nc(NCC)nc(OC(C)C)n1. The molecule has 120 valence electrons. The molecule has 21 heavy (non-hydrogen) atoms. The van der Waals surface area contributed by atoms with Crippen molar-refractivity contribution >= 4 is 11.9 Å². The number of aliphatic hydroxyl groups is 1. The third kappa shape index (κ3) is 6.57. The third-order valence-corrected chi connectivity index (χ3v) is 2.71. The zero-order chi connectivity index (χ0) is 15.9. The first kappa shape index (κ1) is 17.4. The van der Waals surface area contributed by atoms with Crippen molar-refractivity contribution in [2.24, 2.45) is 0 Å². The predicted octanol–water partition coefficient (Wildman–Crippen LogP) is 2.05. The summed E-state index contributed by atoms with van der Waals surface area (Å²) >= 11 is 0. The van der Waals surface area contributed by atoms with Crippen molar-refractivity contribution in [3.63, 3.8) is 0 Å². The summed E-state index contributed by atoms with van der Waals surface area (Å²) in [6.45, 7) is 10.7. The van der Waals surface area contributed by atoms with Crippen LogP contribution in [0.2, 0.25) is 0 Å². The lowest BCUT2D eigenvalue weighted by Gasteiger charge is -2.23. The van der Waals surface area contributed by atoms with E-state index in [1.165, 1.54) is 0 Å². The van der Waals surface area contributed by atoms with Gasteiger partial charge in [0, 0.05) is 13.1 Å². The van der Waals surface area contributed by atoms with Crippen molar-refractivity contribution in [3.05, 3.63) is 0 Å². The molecule has 0 aliphatic heterocycles. The van der Waals surface area contributed by atoms with Crippen LogP contribution in [0.5, 0.6) is 6.01 Å². The van der Waals surface area contributed by atoms with Gasteiger partial charge in [-0.1, -0.05) is 13.3 Å². The van der Waals surface area contributed by atoms with Gasteiger partial charge in [-0.15, -0.1) is 0 Å². The molecule has 1 aromatic rings. The van der Waals surface area contributed by atoms with E-state index in [4.69, 9.17) is 4.74 Å². The third-order valence-electron chi connectivity index (χ3n) is 2.71. The van der Waals surface area contributed by atoms with Gasteiger partial charge in [0.05, 0.1) is 11.7 Å². The molecule has 0 aromatic carbocycles. The second kappa shape index (κ2) is 7.97. The highest BCUT2D eigenvalue weighted by molar-refractivity contribution is 5.36. The average molecular weight is 297 g/mol. The molecule has 0 spiro atoms. The van der Waals surface area contributed by atoms with E-state index < -0.39 is 5.60 Å². The Kier molecular flexibility index (Phi) is 6.61. The zero-order valence-electron chi connectivity index (χ0n) is 13.6. The van der Waals surface area contributed by atoms with Crippen molar-refractivity contribution in [1.82, 2.24) is 15.0 Å². The van der Waals surface area contributed by atoms with Gasteiger partial charge >= 0.3 is 6.01 Å². The van der Waals surface area contributed by atoms with E-state index in [0.717, 1.165) is 6.42 Å². The molecule has 0 amide bonds. The molecule has 1 aromatic heterocycles. The summed E-state index contributed by atoms with van der Waals surface area (Å²) in [4.78, 5) is 12.7. The lowest BCUT2D eigenvalue weighted by molar-refractivity contribution is 0.0634. The Bertz CT molecular complexity index is 437. The number of ether oxygens (including phenoxy) is 1. The molecule has 0 saturated carbocycles. The Morgan fingerprint density at radius 3 is 2.29 bits per heavy atom. The van der Waals surface area contributed by atoms with Gasteiger partial charge in [0.15, 0.2) is 0 Å². The first-order valence-corrected chi connectivity index (χ1v) is 7.49. The molecular formula is C14H27N5O2. The maximum absolute atomic E-state index is 10.2. The Hall–Kier alpha value is -1.63. The van der Waals surface area contributed by atoms with Crippen LogP contribution in [0.3, 0.4) is 0 Å². The highest BCUT2D eigenvalue weighted by Crippen LogP contribution is 2.15. The van der Waals surface area contributed by atoms with Crippen molar-refractivity contribution in [2.45, 2.75) is 59.2 Å². The fraction of sp³-hybridized carbons (Fsp3) is 0.786. The molecular weight excluding hydrogens is 270 g/mol. The van der Waals surface area contributed by atoms with E-state index >= 15 is 0 Å². The number of rotatable bonds is 9. The van der Waals surface area contributed by atoms with E-state index in [-0.39, 0.29) is 12.1 Å². The molecule has 0 radical (unpaired) electrons. The molecule has 0 aliphatic carbocycles. The molecule has 0 aliphatic rings. The topological polar surface area (TPSA) is 92.2 Å². The van der Waals surface area contributed by atoms with E-state index in [2.05, 4.69) is 25.6 Å². The van der Waals surface area contributed by atoms with Crippen LogP contribution in [-0.4, -0.2) is 44.9 Å². The molecule has 1 rings (SSSR count). The molecule has 0 fully saturated rings. The van der Waals surface area contributed by atoms with Crippen LogP contribution in [0.15, 0.2) is 0 Å². The quantitative estimate of drug-likeness (QED) is 0.642. The van der Waals surface area contributed by atoms with E-state index in [0.29, 0.717) is 31.4 Å². The minimum atomic E-state index is -0.793. The summed E-state index contributed by atoms with van der Waals surface area (Å²) in [6.07, 6.45) is 1.61. The lowest BCUT2D eigenvalue weighted by Crippen LogP contribution is -2.33. The molecule has 1 heterocycles. The normalized spacial score (nSPS) is 13.9. The van der Waals surface area contributed by atoms with Gasteiger partial charge in [-0.25, -0.2) is 0 Å². The van der Waals surface area contributed by atoms with Crippen LogP contribution in [-0.2, 0) is 0 Å². The summed E-state index contributed by atoms with van der Waals surface area (Å²) in [7, 11) is 0. The number of nitrogens with one attached hydrogen (secondary N) is 2. The lowest BCUT2D eigenvalue weighted by atomic mass is 10.0. The Labute approximate surface area is 126 Å². The maximum atomic E-state index is 10.2. The summed E-state index contributed by atoms with van der Waals surface area (Å²) in [5.74, 6) is 0.855. The van der Waals surface area contributed by atoms with Crippen LogP contribution in [0.4, 0.5) is 11.9 Å². The average Bonchev–Trinajstić information content (AvgIpc) is 2.36. The zero-order valence-corrected chi connectivity index (χ0v) is 13.6. The summed E-state index contributed by atoms with van der Waals surface area (Å²) in [6, 6.07) is 0.272. The van der Waals surface area contributed by atoms with Crippen LogP contribution in [0, 0.1) is 0 Å². The highest BCUT2D eigenvalue weighted by Gasteiger charge is 2.19. The van der Waals surface area contributed by atoms with Crippen LogP contribution < -0.4 is 15.4 Å². The first-order chi connectivity index (χ1) is 9.86. The van der Waals surface area contributed by atoms with Gasteiger partial charge in [-0.05, 0) is 34.1 Å². The molecule has 0 bridgehead atoms. The van der Waals surface area contributed by atoms with Gasteiger partial charge < -0.3 is 20.5 Å². The van der Waals surface area contributed by atoms with Crippen molar-refractivity contribution in [1.29, 1.82) is 0 Å². The van der Waals surface area contributed by atoms with Gasteiger partial charge in [0.25, 0.3) is 0 Å². The van der Waals surface area contributed by atoms with Crippen LogP contribution >= 0.6 is 0 Å². The van der Waals surface area contributed by atoms with Gasteiger partial charge in [-0.3, -0.25) is 0 Å². The summed E-state index contributed by atoms with van der Waals surface area (Å²) in [5.41, 5.74) is -0.793. The highest BCUT2D eigenvalue weighted by atomic mass is 16.5.